The normalized spacial score (nSPS) is 23.3. The highest BCUT2D eigenvalue weighted by atomic mass is 32.2. The average molecular weight is 297 g/mol. The summed E-state index contributed by atoms with van der Waals surface area (Å²) < 4.78 is 33.6. The molecule has 0 radical (unpaired) electrons. The van der Waals surface area contributed by atoms with Gasteiger partial charge < -0.3 is 14.8 Å². The van der Waals surface area contributed by atoms with Gasteiger partial charge in [0.25, 0.3) is 0 Å². The van der Waals surface area contributed by atoms with Gasteiger partial charge in [0.15, 0.2) is 21.3 Å². The molecular weight excluding hydrogens is 282 g/mol. The summed E-state index contributed by atoms with van der Waals surface area (Å²) in [6, 6.07) is 5.14. The quantitative estimate of drug-likeness (QED) is 0.874. The average Bonchev–Trinajstić information content (AvgIpc) is 2.79. The third-order valence-corrected chi connectivity index (χ3v) is 5.18. The van der Waals surface area contributed by atoms with Gasteiger partial charge in [-0.2, -0.15) is 0 Å². The third kappa shape index (κ3) is 2.72. The third-order valence-electron chi connectivity index (χ3n) is 3.41. The number of anilines is 1. The molecule has 20 heavy (non-hydrogen) atoms. The van der Waals surface area contributed by atoms with Gasteiger partial charge in [0.1, 0.15) is 13.2 Å². The summed E-state index contributed by atoms with van der Waals surface area (Å²) >= 11 is 0. The van der Waals surface area contributed by atoms with Crippen LogP contribution in [0.4, 0.5) is 5.69 Å². The molecule has 1 saturated heterocycles. The molecule has 1 N–H and O–H groups in total. The lowest BCUT2D eigenvalue weighted by molar-refractivity contribution is -0.119. The highest BCUT2D eigenvalue weighted by molar-refractivity contribution is 7.91. The van der Waals surface area contributed by atoms with Crippen molar-refractivity contribution >= 4 is 21.4 Å². The van der Waals surface area contributed by atoms with Crippen LogP contribution in [0, 0.1) is 5.92 Å². The van der Waals surface area contributed by atoms with Crippen LogP contribution in [-0.2, 0) is 14.6 Å². The van der Waals surface area contributed by atoms with Gasteiger partial charge in [-0.1, -0.05) is 0 Å². The first-order valence-electron chi connectivity index (χ1n) is 6.44. The van der Waals surface area contributed by atoms with Crippen LogP contribution in [0.2, 0.25) is 0 Å². The Kier molecular flexibility index (Phi) is 3.29. The number of fused-ring (bicyclic) bond motifs is 1. The minimum atomic E-state index is -3.05. The van der Waals surface area contributed by atoms with E-state index >= 15 is 0 Å². The highest BCUT2D eigenvalue weighted by Gasteiger charge is 2.33. The lowest BCUT2D eigenvalue weighted by atomic mass is 10.1. The molecule has 0 bridgehead atoms. The molecule has 2 heterocycles. The van der Waals surface area contributed by atoms with Crippen LogP contribution in [0.15, 0.2) is 18.2 Å². The highest BCUT2D eigenvalue weighted by Crippen LogP contribution is 2.33. The van der Waals surface area contributed by atoms with Crippen molar-refractivity contribution in [3.63, 3.8) is 0 Å². The Morgan fingerprint density at radius 1 is 1.20 bits per heavy atom. The van der Waals surface area contributed by atoms with E-state index in [0.717, 1.165) is 0 Å². The number of ether oxygens (including phenoxy) is 2. The second-order valence-corrected chi connectivity index (χ2v) is 7.18. The molecule has 1 fully saturated rings. The Balaban J connectivity index is 1.70. The fourth-order valence-corrected chi connectivity index (χ4v) is 4.11. The van der Waals surface area contributed by atoms with Crippen LogP contribution in [0.3, 0.4) is 0 Å². The largest absolute Gasteiger partial charge is 0.486 e. The summed E-state index contributed by atoms with van der Waals surface area (Å²) in [7, 11) is -3.05. The van der Waals surface area contributed by atoms with E-state index in [2.05, 4.69) is 5.32 Å². The van der Waals surface area contributed by atoms with Crippen LogP contribution in [0.5, 0.6) is 11.5 Å². The number of carbonyl (C=O) groups is 1. The number of hydrogen-bond acceptors (Lipinski definition) is 5. The summed E-state index contributed by atoms with van der Waals surface area (Å²) in [4.78, 5) is 12.0. The number of carbonyl (C=O) groups excluding carboxylic acids is 1. The fourth-order valence-electron chi connectivity index (χ4n) is 2.37. The predicted octanol–water partition coefficient (Wildman–Crippen LogP) is 0.831. The van der Waals surface area contributed by atoms with Crippen LogP contribution in [0.1, 0.15) is 6.42 Å². The first-order chi connectivity index (χ1) is 9.53. The number of amides is 1. The Morgan fingerprint density at radius 3 is 2.65 bits per heavy atom. The molecule has 1 unspecified atom stereocenters. The second-order valence-electron chi connectivity index (χ2n) is 4.95. The van der Waals surface area contributed by atoms with Gasteiger partial charge in [-0.05, 0) is 18.6 Å². The SMILES string of the molecule is O=C(Nc1ccc2c(c1)OCCO2)C1CCS(=O)(=O)C1. The minimum absolute atomic E-state index is 0.0661. The van der Waals surface area contributed by atoms with Gasteiger partial charge in [-0.25, -0.2) is 8.42 Å². The van der Waals surface area contributed by atoms with E-state index < -0.39 is 15.8 Å². The molecule has 3 rings (SSSR count). The van der Waals surface area contributed by atoms with Crippen molar-refractivity contribution in [2.75, 3.05) is 30.0 Å². The first kappa shape index (κ1) is 13.2. The molecular formula is C13H15NO5S. The van der Waals surface area contributed by atoms with E-state index in [1.165, 1.54) is 0 Å². The van der Waals surface area contributed by atoms with E-state index in [9.17, 15) is 13.2 Å². The molecule has 0 spiro atoms. The summed E-state index contributed by atoms with van der Waals surface area (Å²) in [5, 5.41) is 2.73. The molecule has 2 aliphatic heterocycles. The number of rotatable bonds is 2. The van der Waals surface area contributed by atoms with Gasteiger partial charge in [-0.3, -0.25) is 4.79 Å². The van der Waals surface area contributed by atoms with Crippen molar-refractivity contribution in [1.29, 1.82) is 0 Å². The van der Waals surface area contributed by atoms with E-state index in [1.807, 2.05) is 0 Å². The maximum absolute atomic E-state index is 12.0. The molecule has 0 saturated carbocycles. The molecule has 6 nitrogen and oxygen atoms in total. The molecule has 0 aromatic heterocycles. The number of nitrogens with one attached hydrogen (secondary N) is 1. The van der Waals surface area contributed by atoms with Gasteiger partial charge >= 0.3 is 0 Å². The summed E-state index contributed by atoms with van der Waals surface area (Å²) in [6.45, 7) is 0.990. The summed E-state index contributed by atoms with van der Waals surface area (Å²) in [6.07, 6.45) is 0.388. The van der Waals surface area contributed by atoms with Crippen molar-refractivity contribution in [2.45, 2.75) is 6.42 Å². The molecule has 1 aromatic rings. The topological polar surface area (TPSA) is 81.7 Å². The zero-order valence-corrected chi connectivity index (χ0v) is 11.6. The maximum atomic E-state index is 12.0. The molecule has 0 aliphatic carbocycles. The van der Waals surface area contributed by atoms with Gasteiger partial charge in [0, 0.05) is 11.8 Å². The van der Waals surface area contributed by atoms with Crippen LogP contribution in [-0.4, -0.2) is 39.0 Å². The summed E-state index contributed by atoms with van der Waals surface area (Å²) in [5.41, 5.74) is 0.587. The van der Waals surface area contributed by atoms with Crippen LogP contribution >= 0.6 is 0 Å². The zero-order valence-electron chi connectivity index (χ0n) is 10.8. The maximum Gasteiger partial charge on any atom is 0.228 e. The molecule has 1 amide bonds. The monoisotopic (exact) mass is 297 g/mol. The second kappa shape index (κ2) is 4.97. The standard InChI is InChI=1S/C13H15NO5S/c15-13(9-3-6-20(16,17)8-9)14-10-1-2-11-12(7-10)19-5-4-18-11/h1-2,7,9H,3-6,8H2,(H,14,15). The summed E-state index contributed by atoms with van der Waals surface area (Å²) in [5.74, 6) is 0.539. The molecule has 108 valence electrons. The molecule has 2 aliphatic rings. The Bertz CT molecular complexity index is 640. The van der Waals surface area contributed by atoms with Gasteiger partial charge in [0.05, 0.1) is 17.4 Å². The van der Waals surface area contributed by atoms with Crippen LogP contribution < -0.4 is 14.8 Å². The lowest BCUT2D eigenvalue weighted by Gasteiger charge is -2.19. The molecule has 7 heteroatoms. The number of hydrogen-bond donors (Lipinski definition) is 1. The smallest absolute Gasteiger partial charge is 0.228 e. The molecule has 1 atom stereocenters. The van der Waals surface area contributed by atoms with Crippen molar-refractivity contribution in [3.05, 3.63) is 18.2 Å². The van der Waals surface area contributed by atoms with Crippen molar-refractivity contribution in [3.8, 4) is 11.5 Å². The first-order valence-corrected chi connectivity index (χ1v) is 8.26. The van der Waals surface area contributed by atoms with Crippen molar-refractivity contribution < 1.29 is 22.7 Å². The van der Waals surface area contributed by atoms with Gasteiger partial charge in [-0.15, -0.1) is 0 Å². The van der Waals surface area contributed by atoms with Crippen LogP contribution in [0.25, 0.3) is 0 Å². The number of sulfone groups is 1. The predicted molar refractivity (Wildman–Crippen MR) is 72.8 cm³/mol. The lowest BCUT2D eigenvalue weighted by Crippen LogP contribution is -2.24. The Labute approximate surface area is 117 Å². The van der Waals surface area contributed by atoms with Gasteiger partial charge in [0.2, 0.25) is 5.91 Å². The van der Waals surface area contributed by atoms with Crippen molar-refractivity contribution in [1.82, 2.24) is 0 Å². The van der Waals surface area contributed by atoms with E-state index in [4.69, 9.17) is 9.47 Å². The fraction of sp³-hybridized carbons (Fsp3) is 0.462. The van der Waals surface area contributed by atoms with Crippen molar-refractivity contribution in [2.24, 2.45) is 5.92 Å². The van der Waals surface area contributed by atoms with E-state index in [-0.39, 0.29) is 17.4 Å². The Hall–Kier alpha value is -1.76. The Morgan fingerprint density at radius 2 is 1.95 bits per heavy atom. The molecule has 1 aromatic carbocycles. The van der Waals surface area contributed by atoms with E-state index in [0.29, 0.717) is 36.8 Å². The zero-order chi connectivity index (χ0) is 14.2. The minimum Gasteiger partial charge on any atom is -0.486 e. The van der Waals surface area contributed by atoms with E-state index in [1.54, 1.807) is 18.2 Å². The number of benzene rings is 1.